The number of carbonyl (C=O) groups excluding carboxylic acids is 2. The number of nitrogens with zero attached hydrogens (tertiary/aromatic N) is 2. The van der Waals surface area contributed by atoms with E-state index < -0.39 is 11.7 Å². The fraction of sp³-hybridized carbons (Fsp3) is 0.250. The minimum atomic E-state index is -0.938. The molecule has 132 valence electrons. The van der Waals surface area contributed by atoms with Crippen molar-refractivity contribution >= 4 is 22.6 Å². The largest absolute Gasteiger partial charge is 0.381 e. The number of hydrogen-bond donors (Lipinski definition) is 1. The molecular weight excluding hydrogens is 330 g/mol. The van der Waals surface area contributed by atoms with Crippen molar-refractivity contribution in [1.82, 2.24) is 9.55 Å². The topological polar surface area (TPSA) is 87.2 Å². The standard InChI is InChI=1S/C20H19N3O3/c21-20(25)19(24)17-11-23(10-13-5-8-26-12-13)18-9-15(1-2-16(17)18)14-3-6-22-7-4-14/h1-4,6-7,9,11,13H,5,8,10,12H2,(H2,21,25). The first-order valence-electron chi connectivity index (χ1n) is 8.58. The van der Waals surface area contributed by atoms with Gasteiger partial charge in [0.15, 0.2) is 0 Å². The van der Waals surface area contributed by atoms with Gasteiger partial charge in [-0.15, -0.1) is 0 Å². The van der Waals surface area contributed by atoms with Gasteiger partial charge in [0.05, 0.1) is 12.2 Å². The lowest BCUT2D eigenvalue weighted by molar-refractivity contribution is -0.114. The van der Waals surface area contributed by atoms with Crippen LogP contribution in [0.5, 0.6) is 0 Å². The van der Waals surface area contributed by atoms with Gasteiger partial charge in [-0.1, -0.05) is 12.1 Å². The molecule has 1 unspecified atom stereocenters. The highest BCUT2D eigenvalue weighted by atomic mass is 16.5. The molecule has 1 saturated heterocycles. The second-order valence-corrected chi connectivity index (χ2v) is 6.59. The van der Waals surface area contributed by atoms with E-state index in [2.05, 4.69) is 4.98 Å². The molecule has 0 bridgehead atoms. The molecule has 1 aliphatic heterocycles. The summed E-state index contributed by atoms with van der Waals surface area (Å²) in [5.74, 6) is -1.20. The van der Waals surface area contributed by atoms with Gasteiger partial charge in [-0.05, 0) is 35.7 Å². The van der Waals surface area contributed by atoms with Crippen molar-refractivity contribution in [2.75, 3.05) is 13.2 Å². The predicted molar refractivity (Wildman–Crippen MR) is 97.6 cm³/mol. The second-order valence-electron chi connectivity index (χ2n) is 6.59. The van der Waals surface area contributed by atoms with Gasteiger partial charge >= 0.3 is 0 Å². The number of benzene rings is 1. The molecule has 2 N–H and O–H groups in total. The zero-order valence-electron chi connectivity index (χ0n) is 14.2. The van der Waals surface area contributed by atoms with Crippen molar-refractivity contribution in [3.05, 3.63) is 54.5 Å². The van der Waals surface area contributed by atoms with Crippen molar-refractivity contribution in [3.63, 3.8) is 0 Å². The van der Waals surface area contributed by atoms with Crippen LogP contribution in [-0.2, 0) is 16.1 Å². The Hall–Kier alpha value is -2.99. The van der Waals surface area contributed by atoms with Crippen LogP contribution in [0.4, 0.5) is 0 Å². The smallest absolute Gasteiger partial charge is 0.289 e. The van der Waals surface area contributed by atoms with E-state index in [9.17, 15) is 9.59 Å². The number of primary amides is 1. The number of nitrogens with two attached hydrogens (primary N) is 1. The highest BCUT2D eigenvalue weighted by Crippen LogP contribution is 2.29. The lowest BCUT2D eigenvalue weighted by Gasteiger charge is -2.11. The van der Waals surface area contributed by atoms with E-state index in [4.69, 9.17) is 10.5 Å². The van der Waals surface area contributed by atoms with E-state index in [1.165, 1.54) is 0 Å². The molecule has 26 heavy (non-hydrogen) atoms. The maximum atomic E-state index is 12.2. The molecular formula is C20H19N3O3. The first-order chi connectivity index (χ1) is 12.6. The Labute approximate surface area is 150 Å². The first-order valence-corrected chi connectivity index (χ1v) is 8.58. The van der Waals surface area contributed by atoms with Crippen LogP contribution in [0.1, 0.15) is 16.8 Å². The fourth-order valence-electron chi connectivity index (χ4n) is 3.49. The van der Waals surface area contributed by atoms with Crippen LogP contribution in [0, 0.1) is 5.92 Å². The first kappa shape index (κ1) is 16.5. The molecule has 0 radical (unpaired) electrons. The van der Waals surface area contributed by atoms with Crippen LogP contribution in [-0.4, -0.2) is 34.5 Å². The molecule has 1 fully saturated rings. The number of amides is 1. The van der Waals surface area contributed by atoms with E-state index in [-0.39, 0.29) is 0 Å². The monoisotopic (exact) mass is 349 g/mol. The number of pyridine rings is 1. The van der Waals surface area contributed by atoms with Crippen molar-refractivity contribution in [2.24, 2.45) is 11.7 Å². The summed E-state index contributed by atoms with van der Waals surface area (Å²) in [7, 11) is 0. The Bertz CT molecular complexity index is 973. The summed E-state index contributed by atoms with van der Waals surface area (Å²) in [6.45, 7) is 2.21. The molecule has 4 rings (SSSR count). The lowest BCUT2D eigenvalue weighted by atomic mass is 10.0. The summed E-state index contributed by atoms with van der Waals surface area (Å²) in [5.41, 5.74) is 8.57. The van der Waals surface area contributed by atoms with Crippen LogP contribution < -0.4 is 5.73 Å². The molecule has 6 heteroatoms. The maximum absolute atomic E-state index is 12.2. The molecule has 3 heterocycles. The van der Waals surface area contributed by atoms with Crippen molar-refractivity contribution in [3.8, 4) is 11.1 Å². The summed E-state index contributed by atoms with van der Waals surface area (Å²) >= 11 is 0. The SMILES string of the molecule is NC(=O)C(=O)c1cn(CC2CCOC2)c2cc(-c3ccncc3)ccc12. The average molecular weight is 349 g/mol. The normalized spacial score (nSPS) is 16.8. The third-order valence-electron chi connectivity index (χ3n) is 4.84. The van der Waals surface area contributed by atoms with Gasteiger partial charge in [0, 0.05) is 48.6 Å². The highest BCUT2D eigenvalue weighted by molar-refractivity contribution is 6.44. The molecule has 0 spiro atoms. The number of aromatic nitrogens is 2. The van der Waals surface area contributed by atoms with Crippen LogP contribution in [0.15, 0.2) is 48.9 Å². The molecule has 3 aromatic rings. The van der Waals surface area contributed by atoms with Gasteiger partial charge in [-0.25, -0.2) is 0 Å². The van der Waals surface area contributed by atoms with Crippen LogP contribution >= 0.6 is 0 Å². The van der Waals surface area contributed by atoms with E-state index >= 15 is 0 Å². The zero-order chi connectivity index (χ0) is 18.1. The molecule has 1 atom stereocenters. The average Bonchev–Trinajstić information content (AvgIpc) is 3.30. The second kappa shape index (κ2) is 6.72. The van der Waals surface area contributed by atoms with E-state index in [1.807, 2.05) is 34.9 Å². The number of ketones is 1. The van der Waals surface area contributed by atoms with Crippen molar-refractivity contribution < 1.29 is 14.3 Å². The number of rotatable bonds is 5. The van der Waals surface area contributed by atoms with Gasteiger partial charge < -0.3 is 15.0 Å². The van der Waals surface area contributed by atoms with Crippen LogP contribution in [0.25, 0.3) is 22.0 Å². The summed E-state index contributed by atoms with van der Waals surface area (Å²) in [4.78, 5) is 27.7. The van der Waals surface area contributed by atoms with Crippen molar-refractivity contribution in [2.45, 2.75) is 13.0 Å². The number of ether oxygens (including phenoxy) is 1. The van der Waals surface area contributed by atoms with E-state index in [0.29, 0.717) is 18.1 Å². The minimum absolute atomic E-state index is 0.354. The number of hydrogen-bond acceptors (Lipinski definition) is 4. The van der Waals surface area contributed by atoms with Crippen LogP contribution in [0.3, 0.4) is 0 Å². The summed E-state index contributed by atoms with van der Waals surface area (Å²) in [6, 6.07) is 9.74. The van der Waals surface area contributed by atoms with Crippen molar-refractivity contribution in [1.29, 1.82) is 0 Å². The van der Waals surface area contributed by atoms with Gasteiger partial charge in [-0.2, -0.15) is 0 Å². The Morgan fingerprint density at radius 1 is 1.19 bits per heavy atom. The molecule has 1 amide bonds. The summed E-state index contributed by atoms with van der Waals surface area (Å²) < 4.78 is 7.50. The van der Waals surface area contributed by atoms with Gasteiger partial charge in [0.1, 0.15) is 0 Å². The van der Waals surface area contributed by atoms with Gasteiger partial charge in [0.25, 0.3) is 11.7 Å². The molecule has 0 saturated carbocycles. The number of carbonyl (C=O) groups is 2. The van der Waals surface area contributed by atoms with Gasteiger partial charge in [0.2, 0.25) is 0 Å². The molecule has 6 nitrogen and oxygen atoms in total. The van der Waals surface area contributed by atoms with E-state index in [1.54, 1.807) is 18.6 Å². The minimum Gasteiger partial charge on any atom is -0.381 e. The van der Waals surface area contributed by atoms with E-state index in [0.717, 1.165) is 41.6 Å². The Morgan fingerprint density at radius 2 is 2.00 bits per heavy atom. The molecule has 1 aromatic carbocycles. The predicted octanol–water partition coefficient (Wildman–Crippen LogP) is 2.41. The third kappa shape index (κ3) is 2.99. The lowest BCUT2D eigenvalue weighted by Crippen LogP contribution is -2.22. The molecule has 0 aliphatic carbocycles. The Morgan fingerprint density at radius 3 is 2.69 bits per heavy atom. The zero-order valence-corrected chi connectivity index (χ0v) is 14.2. The molecule has 2 aromatic heterocycles. The summed E-state index contributed by atoms with van der Waals surface area (Å²) in [5, 5.41) is 0.741. The maximum Gasteiger partial charge on any atom is 0.289 e. The van der Waals surface area contributed by atoms with Gasteiger partial charge in [-0.3, -0.25) is 14.6 Å². The quantitative estimate of drug-likeness (QED) is 0.566. The third-order valence-corrected chi connectivity index (χ3v) is 4.84. The number of fused-ring (bicyclic) bond motifs is 1. The highest BCUT2D eigenvalue weighted by Gasteiger charge is 2.22. The van der Waals surface area contributed by atoms with Crippen LogP contribution in [0.2, 0.25) is 0 Å². The number of Topliss-reactive ketones (excluding diaryl/α,β-unsaturated/α-hetero) is 1. The fourth-order valence-corrected chi connectivity index (χ4v) is 3.49. The molecule has 1 aliphatic rings. The Balaban J connectivity index is 1.83. The summed E-state index contributed by atoms with van der Waals surface area (Å²) in [6.07, 6.45) is 6.22. The Kier molecular flexibility index (Phi) is 4.26.